The van der Waals surface area contributed by atoms with E-state index in [0.717, 1.165) is 42.3 Å². The summed E-state index contributed by atoms with van der Waals surface area (Å²) < 4.78 is 6.06. The van der Waals surface area contributed by atoms with Crippen molar-refractivity contribution in [2.45, 2.75) is 26.7 Å². The summed E-state index contributed by atoms with van der Waals surface area (Å²) in [4.78, 5) is 6.60. The molecule has 1 aromatic rings. The van der Waals surface area contributed by atoms with Crippen LogP contribution in [0.15, 0.2) is 35.6 Å². The molecule has 1 aliphatic rings. The molecule has 3 heteroatoms. The van der Waals surface area contributed by atoms with Gasteiger partial charge in [-0.25, -0.2) is 0 Å². The van der Waals surface area contributed by atoms with Crippen molar-refractivity contribution < 1.29 is 4.74 Å². The lowest BCUT2D eigenvalue weighted by atomic mass is 10.0. The van der Waals surface area contributed by atoms with Crippen molar-refractivity contribution >= 4 is 0 Å². The number of hydrogen-bond donors (Lipinski definition) is 0. The van der Waals surface area contributed by atoms with Crippen LogP contribution in [0, 0.1) is 13.8 Å². The van der Waals surface area contributed by atoms with E-state index in [-0.39, 0.29) is 0 Å². The van der Waals surface area contributed by atoms with Gasteiger partial charge in [0.05, 0.1) is 5.69 Å². The van der Waals surface area contributed by atoms with Crippen LogP contribution in [0.1, 0.15) is 24.2 Å². The largest absolute Gasteiger partial charge is 0.455 e. The monoisotopic (exact) mass is 258 g/mol. The molecule has 0 amide bonds. The van der Waals surface area contributed by atoms with E-state index >= 15 is 0 Å². The highest BCUT2D eigenvalue weighted by molar-refractivity contribution is 5.37. The highest BCUT2D eigenvalue weighted by Gasteiger charge is 2.13. The third kappa shape index (κ3) is 3.67. The first-order chi connectivity index (χ1) is 9.06. The van der Waals surface area contributed by atoms with Gasteiger partial charge in [0.15, 0.2) is 0 Å². The van der Waals surface area contributed by atoms with Gasteiger partial charge in [0.1, 0.15) is 11.5 Å². The van der Waals surface area contributed by atoms with E-state index in [1.165, 1.54) is 5.57 Å². The topological polar surface area (TPSA) is 25.4 Å². The second-order valence-electron chi connectivity index (χ2n) is 5.25. The molecule has 19 heavy (non-hydrogen) atoms. The third-order valence-corrected chi connectivity index (χ3v) is 3.09. The molecule has 0 radical (unpaired) electrons. The van der Waals surface area contributed by atoms with Crippen LogP contribution in [0.5, 0.6) is 5.75 Å². The van der Waals surface area contributed by atoms with Crippen molar-refractivity contribution in [3.63, 3.8) is 0 Å². The minimum Gasteiger partial charge on any atom is -0.455 e. The number of nitrogens with zero attached hydrogens (tertiary/aromatic N) is 2. The fourth-order valence-corrected chi connectivity index (χ4v) is 2.19. The van der Waals surface area contributed by atoms with Crippen molar-refractivity contribution in [1.29, 1.82) is 0 Å². The maximum Gasteiger partial charge on any atom is 0.148 e. The van der Waals surface area contributed by atoms with Crippen LogP contribution >= 0.6 is 0 Å². The molecule has 1 aliphatic carbocycles. The SMILES string of the molecule is Cc1ccc(OC2=CCCC=C2CN(C)C)c(C)n1. The fourth-order valence-electron chi connectivity index (χ4n) is 2.19. The van der Waals surface area contributed by atoms with E-state index in [9.17, 15) is 0 Å². The van der Waals surface area contributed by atoms with Gasteiger partial charge in [-0.05, 0) is 59.0 Å². The first kappa shape index (κ1) is 13.8. The van der Waals surface area contributed by atoms with Crippen LogP contribution in [0.25, 0.3) is 0 Å². The number of rotatable bonds is 4. The zero-order valence-electron chi connectivity index (χ0n) is 12.2. The van der Waals surface area contributed by atoms with E-state index in [2.05, 4.69) is 36.1 Å². The highest BCUT2D eigenvalue weighted by atomic mass is 16.5. The zero-order chi connectivity index (χ0) is 13.8. The van der Waals surface area contributed by atoms with Crippen molar-refractivity contribution in [3.8, 4) is 5.75 Å². The Morgan fingerprint density at radius 2 is 1.89 bits per heavy atom. The smallest absolute Gasteiger partial charge is 0.148 e. The molecule has 1 heterocycles. The minimum absolute atomic E-state index is 0.850. The van der Waals surface area contributed by atoms with E-state index in [4.69, 9.17) is 4.74 Å². The Kier molecular flexibility index (Phi) is 4.38. The average molecular weight is 258 g/mol. The van der Waals surface area contributed by atoms with Crippen LogP contribution in [0.4, 0.5) is 0 Å². The van der Waals surface area contributed by atoms with Crippen molar-refractivity contribution in [2.75, 3.05) is 20.6 Å². The Morgan fingerprint density at radius 3 is 2.58 bits per heavy atom. The normalized spacial score (nSPS) is 15.2. The molecular weight excluding hydrogens is 236 g/mol. The molecule has 0 spiro atoms. The van der Waals surface area contributed by atoms with E-state index < -0.39 is 0 Å². The number of allylic oxidation sites excluding steroid dienone is 2. The number of hydrogen-bond acceptors (Lipinski definition) is 3. The quantitative estimate of drug-likeness (QED) is 0.829. The van der Waals surface area contributed by atoms with Crippen molar-refractivity contribution in [1.82, 2.24) is 9.88 Å². The lowest BCUT2D eigenvalue weighted by Gasteiger charge is -2.20. The van der Waals surface area contributed by atoms with Gasteiger partial charge in [-0.15, -0.1) is 0 Å². The molecule has 1 aromatic heterocycles. The lowest BCUT2D eigenvalue weighted by molar-refractivity contribution is 0.390. The second kappa shape index (κ2) is 6.02. The summed E-state index contributed by atoms with van der Waals surface area (Å²) in [5, 5.41) is 0. The molecule has 3 nitrogen and oxygen atoms in total. The Hall–Kier alpha value is -1.61. The van der Waals surface area contributed by atoms with Crippen LogP contribution in [0.2, 0.25) is 0 Å². The lowest BCUT2D eigenvalue weighted by Crippen LogP contribution is -2.19. The summed E-state index contributed by atoms with van der Waals surface area (Å²) in [6.07, 6.45) is 6.59. The number of aryl methyl sites for hydroxylation is 2. The van der Waals surface area contributed by atoms with Gasteiger partial charge in [0.25, 0.3) is 0 Å². The second-order valence-corrected chi connectivity index (χ2v) is 5.25. The van der Waals surface area contributed by atoms with Gasteiger partial charge in [0.2, 0.25) is 0 Å². The fraction of sp³-hybridized carbons (Fsp3) is 0.438. The summed E-state index contributed by atoms with van der Waals surface area (Å²) >= 11 is 0. The molecule has 0 unspecified atom stereocenters. The van der Waals surface area contributed by atoms with Gasteiger partial charge < -0.3 is 9.64 Å². The molecule has 102 valence electrons. The molecular formula is C16H22N2O. The van der Waals surface area contributed by atoms with E-state index in [0.29, 0.717) is 0 Å². The van der Waals surface area contributed by atoms with Crippen molar-refractivity contribution in [2.24, 2.45) is 0 Å². The minimum atomic E-state index is 0.850. The predicted molar refractivity (Wildman–Crippen MR) is 78.3 cm³/mol. The molecule has 0 bridgehead atoms. The molecule has 2 rings (SSSR count). The van der Waals surface area contributed by atoms with Crippen molar-refractivity contribution in [3.05, 3.63) is 47.0 Å². The first-order valence-electron chi connectivity index (χ1n) is 6.72. The summed E-state index contributed by atoms with van der Waals surface area (Å²) in [6, 6.07) is 3.99. The summed E-state index contributed by atoms with van der Waals surface area (Å²) in [5.74, 6) is 1.83. The maximum absolute atomic E-state index is 6.06. The van der Waals surface area contributed by atoms with Gasteiger partial charge in [0, 0.05) is 17.8 Å². The van der Waals surface area contributed by atoms with E-state index in [1.807, 2.05) is 26.0 Å². The molecule has 0 aromatic carbocycles. The Labute approximate surface area is 115 Å². The van der Waals surface area contributed by atoms with E-state index in [1.54, 1.807) is 0 Å². The zero-order valence-corrected chi connectivity index (χ0v) is 12.2. The summed E-state index contributed by atoms with van der Waals surface area (Å²) in [7, 11) is 4.15. The Morgan fingerprint density at radius 1 is 1.16 bits per heavy atom. The van der Waals surface area contributed by atoms with Gasteiger partial charge in [-0.1, -0.05) is 6.08 Å². The third-order valence-electron chi connectivity index (χ3n) is 3.09. The van der Waals surface area contributed by atoms with Crippen LogP contribution < -0.4 is 4.74 Å². The van der Waals surface area contributed by atoms with Gasteiger partial charge >= 0.3 is 0 Å². The van der Waals surface area contributed by atoms with Crippen LogP contribution in [0.3, 0.4) is 0 Å². The molecule has 0 atom stereocenters. The molecule has 0 fully saturated rings. The maximum atomic E-state index is 6.06. The first-order valence-corrected chi connectivity index (χ1v) is 6.72. The molecule has 0 saturated heterocycles. The van der Waals surface area contributed by atoms with Crippen LogP contribution in [-0.2, 0) is 0 Å². The number of ether oxygens (including phenoxy) is 1. The Bertz CT molecular complexity index is 515. The van der Waals surface area contributed by atoms with Gasteiger partial charge in [-0.3, -0.25) is 4.98 Å². The standard InChI is InChI=1S/C16H22N2O/c1-12-9-10-15(13(2)17-12)19-16-8-6-5-7-14(16)11-18(3)4/h7-10H,5-6,11H2,1-4H3. The van der Waals surface area contributed by atoms with Gasteiger partial charge in [-0.2, -0.15) is 0 Å². The Balaban J connectivity index is 2.16. The predicted octanol–water partition coefficient (Wildman–Crippen LogP) is 3.24. The summed E-state index contributed by atoms with van der Waals surface area (Å²) in [5.41, 5.74) is 3.22. The number of likely N-dealkylation sites (N-methyl/N-ethyl adjacent to an activating group) is 1. The van der Waals surface area contributed by atoms with Crippen LogP contribution in [-0.4, -0.2) is 30.5 Å². The molecule has 0 N–H and O–H groups in total. The number of aromatic nitrogens is 1. The molecule has 0 saturated carbocycles. The average Bonchev–Trinajstić information content (AvgIpc) is 2.34. The highest BCUT2D eigenvalue weighted by Crippen LogP contribution is 2.25. The summed E-state index contributed by atoms with van der Waals surface area (Å²) in [6.45, 7) is 4.89. The molecule has 0 aliphatic heterocycles. The number of pyridine rings is 1.